The Hall–Kier alpha value is -1.03. The first-order valence-corrected chi connectivity index (χ1v) is 6.70. The lowest BCUT2D eigenvalue weighted by Crippen LogP contribution is -2.37. The average Bonchev–Trinajstić information content (AvgIpc) is 2.38. The van der Waals surface area contributed by atoms with Crippen LogP contribution in [0.15, 0.2) is 18.2 Å². The van der Waals surface area contributed by atoms with Crippen LogP contribution >= 0.6 is 0 Å². The molecule has 1 heterocycles. The largest absolute Gasteiger partial charge is 0.416 e. The van der Waals surface area contributed by atoms with Gasteiger partial charge in [-0.1, -0.05) is 6.07 Å². The fraction of sp³-hybridized carbons (Fsp3) is 0.600. The maximum absolute atomic E-state index is 12.7. The third-order valence-electron chi connectivity index (χ3n) is 3.87. The Morgan fingerprint density at radius 3 is 2.37 bits per heavy atom. The Morgan fingerprint density at radius 2 is 1.84 bits per heavy atom. The van der Waals surface area contributed by atoms with Crippen molar-refractivity contribution in [3.63, 3.8) is 0 Å². The van der Waals surface area contributed by atoms with Gasteiger partial charge in [-0.3, -0.25) is 0 Å². The summed E-state index contributed by atoms with van der Waals surface area (Å²) in [5.74, 6) is 0.230. The van der Waals surface area contributed by atoms with Gasteiger partial charge in [0, 0.05) is 6.04 Å². The van der Waals surface area contributed by atoms with Crippen molar-refractivity contribution < 1.29 is 13.2 Å². The number of likely N-dealkylation sites (tertiary alicyclic amines) is 1. The molecule has 0 aromatic heterocycles. The predicted molar refractivity (Wildman–Crippen MR) is 69.0 cm³/mol. The lowest BCUT2D eigenvalue weighted by Gasteiger charge is -2.34. The van der Waals surface area contributed by atoms with Gasteiger partial charge in [-0.05, 0) is 69.5 Å². The predicted octanol–water partition coefficient (Wildman–Crippen LogP) is 4.09. The Balaban J connectivity index is 2.08. The fourth-order valence-electron chi connectivity index (χ4n) is 2.64. The molecule has 1 radical (unpaired) electrons. The number of halogens is 3. The maximum atomic E-state index is 12.7. The molecular weight excluding hydrogens is 251 g/mol. The van der Waals surface area contributed by atoms with Crippen molar-refractivity contribution in [2.24, 2.45) is 0 Å². The standard InChI is InChI=1S/C15H19F3N/c1-11(2)19-8-6-12(7-9-19)13-4-3-5-14(10-13)15(16,17)18/h4-5,10-12H,6-9H2,1-2H3. The van der Waals surface area contributed by atoms with Crippen LogP contribution in [0.5, 0.6) is 0 Å². The minimum absolute atomic E-state index is 0.230. The Bertz CT molecular complexity index is 418. The highest BCUT2D eigenvalue weighted by atomic mass is 19.4. The van der Waals surface area contributed by atoms with E-state index in [-0.39, 0.29) is 5.92 Å². The van der Waals surface area contributed by atoms with Crippen LogP contribution in [0, 0.1) is 6.07 Å². The molecule has 0 saturated carbocycles. The Labute approximate surface area is 112 Å². The number of alkyl halides is 3. The number of benzene rings is 1. The molecule has 1 saturated heterocycles. The van der Waals surface area contributed by atoms with E-state index in [1.807, 2.05) is 0 Å². The summed E-state index contributed by atoms with van der Waals surface area (Å²) in [7, 11) is 0. The summed E-state index contributed by atoms with van der Waals surface area (Å²) >= 11 is 0. The van der Waals surface area contributed by atoms with Crippen molar-refractivity contribution in [1.82, 2.24) is 4.90 Å². The fourth-order valence-corrected chi connectivity index (χ4v) is 2.64. The summed E-state index contributed by atoms with van der Waals surface area (Å²) in [5.41, 5.74) is 0.189. The van der Waals surface area contributed by atoms with Gasteiger partial charge in [0.05, 0.1) is 5.56 Å². The summed E-state index contributed by atoms with van der Waals surface area (Å²) in [6.07, 6.45) is -2.42. The third kappa shape index (κ3) is 3.50. The van der Waals surface area contributed by atoms with Gasteiger partial charge >= 0.3 is 6.18 Å². The smallest absolute Gasteiger partial charge is 0.301 e. The van der Waals surface area contributed by atoms with Crippen molar-refractivity contribution in [3.8, 4) is 0 Å². The van der Waals surface area contributed by atoms with E-state index in [0.29, 0.717) is 6.04 Å². The molecule has 1 aromatic carbocycles. The molecule has 4 heteroatoms. The molecule has 1 fully saturated rings. The maximum Gasteiger partial charge on any atom is 0.416 e. The molecule has 0 unspecified atom stereocenters. The highest BCUT2D eigenvalue weighted by Gasteiger charge is 2.31. The molecule has 105 valence electrons. The van der Waals surface area contributed by atoms with Crippen LogP contribution in [0.1, 0.15) is 43.7 Å². The van der Waals surface area contributed by atoms with E-state index >= 15 is 0 Å². The first kappa shape index (κ1) is 14.4. The van der Waals surface area contributed by atoms with Gasteiger partial charge in [-0.15, -0.1) is 0 Å². The quantitative estimate of drug-likeness (QED) is 0.782. The number of rotatable bonds is 2. The van der Waals surface area contributed by atoms with Gasteiger partial charge < -0.3 is 4.90 Å². The summed E-state index contributed by atoms with van der Waals surface area (Å²) in [6.45, 7) is 6.22. The highest BCUT2D eigenvalue weighted by Crippen LogP contribution is 2.34. The molecule has 0 bridgehead atoms. The van der Waals surface area contributed by atoms with Crippen LogP contribution in [0.3, 0.4) is 0 Å². The second-order valence-electron chi connectivity index (χ2n) is 5.46. The summed E-state index contributed by atoms with van der Waals surface area (Å²) in [6, 6.07) is 7.15. The zero-order valence-electron chi connectivity index (χ0n) is 11.3. The number of nitrogens with zero attached hydrogens (tertiary/aromatic N) is 1. The molecule has 0 atom stereocenters. The SMILES string of the molecule is CC(C)N1CCC(c2c[c]cc(C(F)(F)F)c2)CC1. The molecule has 1 nitrogen and oxygen atoms in total. The molecule has 1 aromatic rings. The van der Waals surface area contributed by atoms with Gasteiger partial charge in [0.2, 0.25) is 0 Å². The third-order valence-corrected chi connectivity index (χ3v) is 3.87. The second-order valence-corrected chi connectivity index (χ2v) is 5.46. The van der Waals surface area contributed by atoms with E-state index in [0.717, 1.165) is 37.6 Å². The van der Waals surface area contributed by atoms with E-state index in [1.54, 1.807) is 6.07 Å². The van der Waals surface area contributed by atoms with E-state index in [9.17, 15) is 13.2 Å². The van der Waals surface area contributed by atoms with Crippen molar-refractivity contribution in [2.75, 3.05) is 13.1 Å². The van der Waals surface area contributed by atoms with Crippen LogP contribution in [-0.4, -0.2) is 24.0 Å². The van der Waals surface area contributed by atoms with Crippen molar-refractivity contribution in [1.29, 1.82) is 0 Å². The Kier molecular flexibility index (Phi) is 4.19. The topological polar surface area (TPSA) is 3.24 Å². The zero-order valence-corrected chi connectivity index (χ0v) is 11.3. The van der Waals surface area contributed by atoms with Gasteiger partial charge in [-0.2, -0.15) is 13.2 Å². The van der Waals surface area contributed by atoms with Gasteiger partial charge in [-0.25, -0.2) is 0 Å². The lowest BCUT2D eigenvalue weighted by atomic mass is 9.88. The van der Waals surface area contributed by atoms with Gasteiger partial charge in [0.1, 0.15) is 0 Å². The molecule has 2 rings (SSSR count). The number of piperidine rings is 1. The minimum Gasteiger partial charge on any atom is -0.301 e. The molecule has 0 amide bonds. The summed E-state index contributed by atoms with van der Waals surface area (Å²) < 4.78 is 38.0. The first-order valence-electron chi connectivity index (χ1n) is 6.70. The van der Waals surface area contributed by atoms with E-state index in [1.165, 1.54) is 6.07 Å². The van der Waals surface area contributed by atoms with Crippen LogP contribution in [0.25, 0.3) is 0 Å². The first-order chi connectivity index (χ1) is 8.88. The molecule has 1 aliphatic rings. The molecule has 0 N–H and O–H groups in total. The van der Waals surface area contributed by atoms with Crippen LogP contribution < -0.4 is 0 Å². The molecular formula is C15H19F3N. The van der Waals surface area contributed by atoms with Gasteiger partial charge in [0.25, 0.3) is 0 Å². The molecule has 0 aliphatic carbocycles. The van der Waals surface area contributed by atoms with E-state index in [4.69, 9.17) is 0 Å². The number of hydrogen-bond donors (Lipinski definition) is 0. The highest BCUT2D eigenvalue weighted by molar-refractivity contribution is 5.28. The lowest BCUT2D eigenvalue weighted by molar-refractivity contribution is -0.137. The van der Waals surface area contributed by atoms with Crippen molar-refractivity contribution in [2.45, 2.75) is 44.8 Å². The summed E-state index contributed by atoms with van der Waals surface area (Å²) in [4.78, 5) is 2.37. The number of hydrogen-bond acceptors (Lipinski definition) is 1. The molecule has 0 spiro atoms. The van der Waals surface area contributed by atoms with Crippen molar-refractivity contribution in [3.05, 3.63) is 35.4 Å². The van der Waals surface area contributed by atoms with Crippen molar-refractivity contribution >= 4 is 0 Å². The second kappa shape index (κ2) is 5.53. The van der Waals surface area contributed by atoms with Gasteiger partial charge in [0.15, 0.2) is 0 Å². The Morgan fingerprint density at radius 1 is 1.21 bits per heavy atom. The van der Waals surface area contributed by atoms with Crippen LogP contribution in [0.4, 0.5) is 13.2 Å². The van der Waals surface area contributed by atoms with E-state index in [2.05, 4.69) is 24.8 Å². The average molecular weight is 270 g/mol. The monoisotopic (exact) mass is 270 g/mol. The minimum atomic E-state index is -4.27. The molecule has 19 heavy (non-hydrogen) atoms. The van der Waals surface area contributed by atoms with Crippen LogP contribution in [0.2, 0.25) is 0 Å². The summed E-state index contributed by atoms with van der Waals surface area (Å²) in [5, 5.41) is 0. The van der Waals surface area contributed by atoms with Crippen LogP contribution in [-0.2, 0) is 6.18 Å². The molecule has 1 aliphatic heterocycles. The zero-order chi connectivity index (χ0) is 14.0. The normalized spacial score (nSPS) is 19.1. The van der Waals surface area contributed by atoms with E-state index < -0.39 is 11.7 Å².